The minimum absolute atomic E-state index is 0.0439. The Balaban J connectivity index is 3.12. The number of pyridine rings is 1. The van der Waals surface area contributed by atoms with Crippen LogP contribution in [-0.4, -0.2) is 10.8 Å². The van der Waals surface area contributed by atoms with E-state index in [0.717, 1.165) is 0 Å². The number of hydrogen-bond acceptors (Lipinski definition) is 2. The summed E-state index contributed by atoms with van der Waals surface area (Å²) in [6.45, 7) is 5.25. The second-order valence-electron chi connectivity index (χ2n) is 3.70. The van der Waals surface area contributed by atoms with Crippen molar-refractivity contribution in [2.24, 2.45) is 5.92 Å². The van der Waals surface area contributed by atoms with E-state index in [2.05, 4.69) is 4.98 Å². The van der Waals surface area contributed by atoms with E-state index in [0.29, 0.717) is 0 Å². The Bertz CT molecular complexity index is 336. The monoisotopic (exact) mass is 195 g/mol. The van der Waals surface area contributed by atoms with Gasteiger partial charge in [-0.15, -0.1) is 0 Å². The number of carbonyl (C=O) groups is 1. The number of aromatic nitrogens is 1. The highest BCUT2D eigenvalue weighted by Gasteiger charge is 2.24. The van der Waals surface area contributed by atoms with Crippen LogP contribution in [0.5, 0.6) is 0 Å². The molecule has 0 aliphatic rings. The van der Waals surface area contributed by atoms with Crippen LogP contribution in [0.1, 0.15) is 32.4 Å². The van der Waals surface area contributed by atoms with E-state index in [1.54, 1.807) is 0 Å². The molecule has 1 atom stereocenters. The lowest BCUT2D eigenvalue weighted by atomic mass is 9.88. The van der Waals surface area contributed by atoms with Crippen molar-refractivity contribution in [2.75, 3.05) is 0 Å². The molecular formula is C11H14FNO. The van der Waals surface area contributed by atoms with Crippen LogP contribution < -0.4 is 0 Å². The summed E-state index contributed by atoms with van der Waals surface area (Å²) >= 11 is 0. The standard InChI is InChI=1S/C11H14FNO/c1-7(2)10(8(3)14)11-9(12)5-4-6-13-11/h4-7,10H,1-3H3. The molecule has 0 N–H and O–H groups in total. The number of ketones is 1. The average Bonchev–Trinajstić information content (AvgIpc) is 2.07. The van der Waals surface area contributed by atoms with Crippen molar-refractivity contribution in [2.45, 2.75) is 26.7 Å². The molecule has 0 aliphatic carbocycles. The topological polar surface area (TPSA) is 30.0 Å². The van der Waals surface area contributed by atoms with Gasteiger partial charge in [-0.2, -0.15) is 0 Å². The zero-order valence-corrected chi connectivity index (χ0v) is 8.62. The van der Waals surface area contributed by atoms with Gasteiger partial charge in [0.25, 0.3) is 0 Å². The van der Waals surface area contributed by atoms with E-state index < -0.39 is 11.7 Å². The van der Waals surface area contributed by atoms with Crippen molar-refractivity contribution >= 4 is 5.78 Å². The maximum Gasteiger partial charge on any atom is 0.145 e. The lowest BCUT2D eigenvalue weighted by Crippen LogP contribution is -2.18. The third-order valence-corrected chi connectivity index (χ3v) is 2.19. The van der Waals surface area contributed by atoms with E-state index in [1.807, 2.05) is 13.8 Å². The van der Waals surface area contributed by atoms with E-state index in [-0.39, 0.29) is 17.4 Å². The van der Waals surface area contributed by atoms with E-state index in [1.165, 1.54) is 25.3 Å². The number of Topliss-reactive ketones (excluding diaryl/α,β-unsaturated/α-hetero) is 1. The van der Waals surface area contributed by atoms with E-state index in [4.69, 9.17) is 0 Å². The predicted molar refractivity (Wildman–Crippen MR) is 52.5 cm³/mol. The zero-order valence-electron chi connectivity index (χ0n) is 8.62. The normalized spacial score (nSPS) is 12.9. The Kier molecular flexibility index (Phi) is 3.33. The zero-order chi connectivity index (χ0) is 10.7. The SMILES string of the molecule is CC(=O)C(c1ncccc1F)C(C)C. The Morgan fingerprint density at radius 3 is 2.57 bits per heavy atom. The predicted octanol–water partition coefficient (Wildman–Crippen LogP) is 2.55. The maximum atomic E-state index is 13.3. The Morgan fingerprint density at radius 1 is 1.50 bits per heavy atom. The minimum atomic E-state index is -0.434. The fourth-order valence-corrected chi connectivity index (χ4v) is 1.60. The van der Waals surface area contributed by atoms with Crippen molar-refractivity contribution < 1.29 is 9.18 Å². The molecule has 1 rings (SSSR count). The number of halogens is 1. The van der Waals surface area contributed by atoms with E-state index >= 15 is 0 Å². The van der Waals surface area contributed by atoms with Gasteiger partial charge in [-0.1, -0.05) is 13.8 Å². The van der Waals surface area contributed by atoms with Gasteiger partial charge in [0.1, 0.15) is 11.6 Å². The first kappa shape index (κ1) is 10.8. The fourth-order valence-electron chi connectivity index (χ4n) is 1.60. The molecule has 0 saturated carbocycles. The van der Waals surface area contributed by atoms with Crippen LogP contribution in [-0.2, 0) is 4.79 Å². The van der Waals surface area contributed by atoms with Crippen LogP contribution >= 0.6 is 0 Å². The molecule has 1 aromatic heterocycles. The summed E-state index contributed by atoms with van der Waals surface area (Å²) in [5.41, 5.74) is 0.259. The summed E-state index contributed by atoms with van der Waals surface area (Å²) in [5, 5.41) is 0. The summed E-state index contributed by atoms with van der Waals surface area (Å²) in [7, 11) is 0. The molecule has 0 aliphatic heterocycles. The number of nitrogens with zero attached hydrogens (tertiary/aromatic N) is 1. The van der Waals surface area contributed by atoms with Gasteiger partial charge >= 0.3 is 0 Å². The molecular weight excluding hydrogens is 181 g/mol. The molecule has 76 valence electrons. The molecule has 0 fully saturated rings. The Labute approximate surface area is 83.2 Å². The van der Waals surface area contributed by atoms with Gasteiger partial charge in [0.15, 0.2) is 0 Å². The van der Waals surface area contributed by atoms with E-state index in [9.17, 15) is 9.18 Å². The lowest BCUT2D eigenvalue weighted by molar-refractivity contribution is -0.119. The van der Waals surface area contributed by atoms with Gasteiger partial charge in [-0.3, -0.25) is 9.78 Å². The summed E-state index contributed by atoms with van der Waals surface area (Å²) in [6, 6.07) is 2.86. The smallest absolute Gasteiger partial charge is 0.145 e. The molecule has 0 spiro atoms. The summed E-state index contributed by atoms with van der Waals surface area (Å²) in [6.07, 6.45) is 1.51. The van der Waals surface area contributed by atoms with Crippen LogP contribution in [0.2, 0.25) is 0 Å². The molecule has 0 bridgehead atoms. The largest absolute Gasteiger partial charge is 0.299 e. The number of hydrogen-bond donors (Lipinski definition) is 0. The Hall–Kier alpha value is -1.25. The van der Waals surface area contributed by atoms with Crippen LogP contribution in [0.15, 0.2) is 18.3 Å². The fraction of sp³-hybridized carbons (Fsp3) is 0.455. The van der Waals surface area contributed by atoms with Crippen molar-refractivity contribution in [3.8, 4) is 0 Å². The third-order valence-electron chi connectivity index (χ3n) is 2.19. The first-order valence-corrected chi connectivity index (χ1v) is 4.65. The van der Waals surface area contributed by atoms with Crippen molar-refractivity contribution in [3.63, 3.8) is 0 Å². The summed E-state index contributed by atoms with van der Waals surface area (Å²) < 4.78 is 13.3. The van der Waals surface area contributed by atoms with Crippen molar-refractivity contribution in [1.82, 2.24) is 4.98 Å². The quantitative estimate of drug-likeness (QED) is 0.741. The second kappa shape index (κ2) is 4.31. The highest BCUT2D eigenvalue weighted by atomic mass is 19.1. The van der Waals surface area contributed by atoms with Gasteiger partial charge in [0.05, 0.1) is 11.6 Å². The maximum absolute atomic E-state index is 13.3. The van der Waals surface area contributed by atoms with Crippen molar-refractivity contribution in [1.29, 1.82) is 0 Å². The van der Waals surface area contributed by atoms with Crippen LogP contribution in [0.3, 0.4) is 0 Å². The van der Waals surface area contributed by atoms with Gasteiger partial charge < -0.3 is 0 Å². The molecule has 2 nitrogen and oxygen atoms in total. The van der Waals surface area contributed by atoms with Crippen LogP contribution in [0.4, 0.5) is 4.39 Å². The molecule has 3 heteroatoms. The molecule has 0 radical (unpaired) electrons. The molecule has 1 unspecified atom stereocenters. The first-order chi connectivity index (χ1) is 6.54. The Morgan fingerprint density at radius 2 is 2.14 bits per heavy atom. The molecule has 14 heavy (non-hydrogen) atoms. The van der Waals surface area contributed by atoms with Crippen LogP contribution in [0, 0.1) is 11.7 Å². The average molecular weight is 195 g/mol. The van der Waals surface area contributed by atoms with Gasteiger partial charge in [0.2, 0.25) is 0 Å². The molecule has 0 amide bonds. The highest BCUT2D eigenvalue weighted by Crippen LogP contribution is 2.25. The number of carbonyl (C=O) groups excluding carboxylic acids is 1. The van der Waals surface area contributed by atoms with Gasteiger partial charge in [-0.25, -0.2) is 4.39 Å². The molecule has 1 aromatic rings. The lowest BCUT2D eigenvalue weighted by Gasteiger charge is -2.17. The molecule has 0 saturated heterocycles. The summed E-state index contributed by atoms with van der Waals surface area (Å²) in [5.74, 6) is -0.813. The summed E-state index contributed by atoms with van der Waals surface area (Å²) in [4.78, 5) is 15.3. The van der Waals surface area contributed by atoms with Gasteiger partial charge in [-0.05, 0) is 25.0 Å². The van der Waals surface area contributed by atoms with Crippen LogP contribution in [0.25, 0.3) is 0 Å². The second-order valence-corrected chi connectivity index (χ2v) is 3.70. The number of rotatable bonds is 3. The molecule has 0 aromatic carbocycles. The van der Waals surface area contributed by atoms with Gasteiger partial charge in [0, 0.05) is 6.20 Å². The minimum Gasteiger partial charge on any atom is -0.299 e. The third kappa shape index (κ3) is 2.16. The van der Waals surface area contributed by atoms with Crippen molar-refractivity contribution in [3.05, 3.63) is 29.8 Å². The highest BCUT2D eigenvalue weighted by molar-refractivity contribution is 5.83. The molecule has 1 heterocycles. The first-order valence-electron chi connectivity index (χ1n) is 4.65.